The van der Waals surface area contributed by atoms with Crippen LogP contribution in [-0.4, -0.2) is 24.1 Å². The molecule has 0 spiro atoms. The quantitative estimate of drug-likeness (QED) is 0.884. The van der Waals surface area contributed by atoms with Crippen LogP contribution in [0.3, 0.4) is 0 Å². The van der Waals surface area contributed by atoms with Crippen molar-refractivity contribution in [2.24, 2.45) is 12.2 Å². The molecule has 0 radical (unpaired) electrons. The summed E-state index contributed by atoms with van der Waals surface area (Å²) in [5.74, 6) is -0.400. The van der Waals surface area contributed by atoms with Crippen LogP contribution < -0.4 is 10.5 Å². The zero-order valence-corrected chi connectivity index (χ0v) is 12.9. The summed E-state index contributed by atoms with van der Waals surface area (Å²) in [6.45, 7) is 1.62. The molecule has 21 heavy (non-hydrogen) atoms. The van der Waals surface area contributed by atoms with Crippen molar-refractivity contribution in [1.82, 2.24) is 9.78 Å². The first kappa shape index (κ1) is 15.5. The third kappa shape index (κ3) is 3.23. The summed E-state index contributed by atoms with van der Waals surface area (Å²) < 4.78 is 24.1. The van der Waals surface area contributed by atoms with Crippen LogP contribution >= 0.6 is 11.6 Å². The average Bonchev–Trinajstić information content (AvgIpc) is 2.78. The molecule has 0 atom stereocenters. The number of hydrogen-bond acceptors (Lipinski definition) is 4. The van der Waals surface area contributed by atoms with Gasteiger partial charge in [-0.05, 0) is 30.7 Å². The van der Waals surface area contributed by atoms with Gasteiger partial charge in [0.25, 0.3) is 5.91 Å². The number of halogens is 1. The second-order valence-electron chi connectivity index (χ2n) is 4.44. The van der Waals surface area contributed by atoms with Crippen LogP contribution in [0.15, 0.2) is 29.3 Å². The number of hydrogen-bond donors (Lipinski definition) is 2. The van der Waals surface area contributed by atoms with Gasteiger partial charge in [0.2, 0.25) is 10.0 Å². The molecule has 0 aliphatic carbocycles. The minimum atomic E-state index is -3.85. The van der Waals surface area contributed by atoms with E-state index in [9.17, 15) is 13.2 Å². The van der Waals surface area contributed by atoms with E-state index in [1.54, 1.807) is 20.0 Å². The molecule has 7 nitrogen and oxygen atoms in total. The van der Waals surface area contributed by atoms with E-state index in [4.69, 9.17) is 16.7 Å². The molecule has 112 valence electrons. The summed E-state index contributed by atoms with van der Waals surface area (Å²) in [6.07, 6.45) is 1.49. The van der Waals surface area contributed by atoms with E-state index >= 15 is 0 Å². The van der Waals surface area contributed by atoms with Crippen molar-refractivity contribution < 1.29 is 13.2 Å². The van der Waals surface area contributed by atoms with Crippen molar-refractivity contribution in [3.8, 4) is 0 Å². The van der Waals surface area contributed by atoms with Gasteiger partial charge in [-0.25, -0.2) is 13.6 Å². The Morgan fingerprint density at radius 2 is 2.10 bits per heavy atom. The number of aryl methyl sites for hydroxylation is 2. The molecule has 0 bridgehead atoms. The Balaban J connectivity index is 2.38. The molecule has 1 aromatic carbocycles. The Hall–Kier alpha value is -1.90. The lowest BCUT2D eigenvalue weighted by Gasteiger charge is -2.12. The molecule has 3 N–H and O–H groups in total. The average molecular weight is 329 g/mol. The van der Waals surface area contributed by atoms with Gasteiger partial charge in [-0.1, -0.05) is 11.6 Å². The van der Waals surface area contributed by atoms with Crippen LogP contribution in [0.5, 0.6) is 0 Å². The van der Waals surface area contributed by atoms with Crippen molar-refractivity contribution in [2.75, 3.05) is 5.32 Å². The first-order valence-corrected chi connectivity index (χ1v) is 7.75. The number of sulfonamides is 1. The Bertz CT molecular complexity index is 791. The number of rotatable bonds is 3. The highest BCUT2D eigenvalue weighted by Crippen LogP contribution is 2.29. The van der Waals surface area contributed by atoms with Gasteiger partial charge in [0, 0.05) is 13.2 Å². The molecule has 0 saturated heterocycles. The molecule has 1 aromatic heterocycles. The maximum absolute atomic E-state index is 12.1. The predicted octanol–water partition coefficient (Wildman–Crippen LogP) is 1.28. The van der Waals surface area contributed by atoms with Crippen LogP contribution in [0.2, 0.25) is 5.02 Å². The van der Waals surface area contributed by atoms with Crippen LogP contribution in [0.4, 0.5) is 5.69 Å². The Kier molecular flexibility index (Phi) is 4.04. The van der Waals surface area contributed by atoms with Crippen molar-refractivity contribution in [1.29, 1.82) is 0 Å². The molecule has 0 aliphatic rings. The topological polar surface area (TPSA) is 107 Å². The largest absolute Gasteiger partial charge is 0.319 e. The second kappa shape index (κ2) is 5.47. The number of nitrogens with two attached hydrogens (primary N) is 1. The molecular weight excluding hydrogens is 316 g/mol. The second-order valence-corrected chi connectivity index (χ2v) is 6.40. The molecule has 1 amide bonds. The van der Waals surface area contributed by atoms with Gasteiger partial charge in [0.1, 0.15) is 5.69 Å². The fourth-order valence-electron chi connectivity index (χ4n) is 1.81. The molecule has 0 fully saturated rings. The van der Waals surface area contributed by atoms with Gasteiger partial charge < -0.3 is 5.32 Å². The van der Waals surface area contributed by atoms with Crippen LogP contribution in [0, 0.1) is 6.92 Å². The number of aromatic nitrogens is 2. The first-order chi connectivity index (χ1) is 9.70. The van der Waals surface area contributed by atoms with Gasteiger partial charge in [-0.3, -0.25) is 9.48 Å². The van der Waals surface area contributed by atoms with Crippen molar-refractivity contribution >= 4 is 33.2 Å². The van der Waals surface area contributed by atoms with E-state index in [-0.39, 0.29) is 9.92 Å². The highest BCUT2D eigenvalue weighted by atomic mass is 35.5. The smallest absolute Gasteiger partial charge is 0.273 e. The lowest BCUT2D eigenvalue weighted by Crippen LogP contribution is -2.18. The van der Waals surface area contributed by atoms with E-state index in [1.807, 2.05) is 0 Å². The van der Waals surface area contributed by atoms with E-state index in [1.165, 1.54) is 23.0 Å². The summed E-state index contributed by atoms with van der Waals surface area (Å²) in [5, 5.41) is 11.7. The number of carbonyl (C=O) groups excluding carboxylic acids is 1. The van der Waals surface area contributed by atoms with E-state index < -0.39 is 15.9 Å². The number of primary sulfonamides is 1. The lowest BCUT2D eigenvalue weighted by atomic mass is 10.2. The Morgan fingerprint density at radius 3 is 2.57 bits per heavy atom. The minimum absolute atomic E-state index is 0.0922. The maximum Gasteiger partial charge on any atom is 0.273 e. The van der Waals surface area contributed by atoms with Crippen molar-refractivity contribution in [3.63, 3.8) is 0 Å². The first-order valence-electron chi connectivity index (χ1n) is 5.82. The molecule has 1 heterocycles. The highest BCUT2D eigenvalue weighted by Gasteiger charge is 2.17. The SMILES string of the molecule is Cc1cc(S(N)(=O)=O)cc(Cl)c1NC(=O)c1ccnn1C. The number of benzene rings is 1. The monoisotopic (exact) mass is 328 g/mol. The fourth-order valence-corrected chi connectivity index (χ4v) is 2.81. The zero-order chi connectivity index (χ0) is 15.8. The highest BCUT2D eigenvalue weighted by molar-refractivity contribution is 7.89. The van der Waals surface area contributed by atoms with E-state index in [0.717, 1.165) is 0 Å². The summed E-state index contributed by atoms with van der Waals surface area (Å²) in [6, 6.07) is 4.10. The third-order valence-corrected chi connectivity index (χ3v) is 4.07. The standard InChI is InChI=1S/C12H13ClN4O3S/c1-7-5-8(21(14,19)20)6-9(13)11(7)16-12(18)10-3-4-15-17(10)2/h3-6H,1-2H3,(H,16,18)(H2,14,19,20). The third-order valence-electron chi connectivity index (χ3n) is 2.88. The lowest BCUT2D eigenvalue weighted by molar-refractivity contribution is 0.101. The Labute approximate surface area is 126 Å². The zero-order valence-electron chi connectivity index (χ0n) is 11.3. The fraction of sp³-hybridized carbons (Fsp3) is 0.167. The van der Waals surface area contributed by atoms with Gasteiger partial charge >= 0.3 is 0 Å². The van der Waals surface area contributed by atoms with Crippen molar-refractivity contribution in [3.05, 3.63) is 40.7 Å². The number of amides is 1. The molecule has 0 saturated carbocycles. The summed E-state index contributed by atoms with van der Waals surface area (Å²) in [4.78, 5) is 12.0. The number of anilines is 1. The minimum Gasteiger partial charge on any atom is -0.319 e. The number of nitrogens with zero attached hydrogens (tertiary/aromatic N) is 2. The van der Waals surface area contributed by atoms with Crippen LogP contribution in [0.1, 0.15) is 16.1 Å². The molecule has 0 aliphatic heterocycles. The molecular formula is C12H13ClN4O3S. The number of carbonyl (C=O) groups is 1. The Morgan fingerprint density at radius 1 is 1.43 bits per heavy atom. The molecule has 2 aromatic rings. The predicted molar refractivity (Wildman–Crippen MR) is 78.7 cm³/mol. The van der Waals surface area contributed by atoms with Crippen LogP contribution in [-0.2, 0) is 17.1 Å². The summed E-state index contributed by atoms with van der Waals surface area (Å²) >= 11 is 6.03. The molecule has 9 heteroatoms. The van der Waals surface area contributed by atoms with E-state index in [2.05, 4.69) is 10.4 Å². The van der Waals surface area contributed by atoms with Crippen molar-refractivity contribution in [2.45, 2.75) is 11.8 Å². The maximum atomic E-state index is 12.1. The normalized spacial score (nSPS) is 11.4. The van der Waals surface area contributed by atoms with Gasteiger partial charge in [0.05, 0.1) is 15.6 Å². The molecule has 0 unspecified atom stereocenters. The van der Waals surface area contributed by atoms with Crippen LogP contribution in [0.25, 0.3) is 0 Å². The van der Waals surface area contributed by atoms with Gasteiger partial charge in [-0.15, -0.1) is 0 Å². The van der Waals surface area contributed by atoms with E-state index in [0.29, 0.717) is 16.9 Å². The summed E-state index contributed by atoms with van der Waals surface area (Å²) in [7, 11) is -2.22. The van der Waals surface area contributed by atoms with Gasteiger partial charge in [0.15, 0.2) is 0 Å². The summed E-state index contributed by atoms with van der Waals surface area (Å²) in [5.41, 5.74) is 1.17. The van der Waals surface area contributed by atoms with Gasteiger partial charge in [-0.2, -0.15) is 5.10 Å². The molecule has 2 rings (SSSR count). The number of nitrogens with one attached hydrogen (secondary N) is 1.